The van der Waals surface area contributed by atoms with Crippen LogP contribution >= 0.6 is 0 Å². The monoisotopic (exact) mass is 394 g/mol. The van der Waals surface area contributed by atoms with Crippen molar-refractivity contribution in [1.82, 2.24) is 19.7 Å². The molecule has 29 heavy (non-hydrogen) atoms. The fourth-order valence-electron chi connectivity index (χ4n) is 3.38. The summed E-state index contributed by atoms with van der Waals surface area (Å²) >= 11 is 0. The second-order valence-electron chi connectivity index (χ2n) is 7.03. The van der Waals surface area contributed by atoms with Crippen LogP contribution in [-0.4, -0.2) is 70.1 Å². The van der Waals surface area contributed by atoms with E-state index < -0.39 is 0 Å². The van der Waals surface area contributed by atoms with Crippen molar-refractivity contribution in [2.24, 2.45) is 0 Å². The van der Waals surface area contributed by atoms with E-state index >= 15 is 0 Å². The SMILES string of the molecule is CCN(Cc1ccccc1)C(=O)c1ccnc(C(=O)N2CCN(C(C)=O)CC2)c1. The third-order valence-electron chi connectivity index (χ3n) is 5.12. The topological polar surface area (TPSA) is 73.8 Å². The first-order valence-corrected chi connectivity index (χ1v) is 9.83. The summed E-state index contributed by atoms with van der Waals surface area (Å²) in [4.78, 5) is 46.6. The molecule has 0 spiro atoms. The Hall–Kier alpha value is -3.22. The molecule has 1 aliphatic heterocycles. The van der Waals surface area contributed by atoms with E-state index in [2.05, 4.69) is 4.98 Å². The lowest BCUT2D eigenvalue weighted by Crippen LogP contribution is -2.50. The van der Waals surface area contributed by atoms with Crippen molar-refractivity contribution in [2.75, 3.05) is 32.7 Å². The van der Waals surface area contributed by atoms with Gasteiger partial charge in [0.2, 0.25) is 5.91 Å². The average Bonchev–Trinajstić information content (AvgIpc) is 2.77. The van der Waals surface area contributed by atoms with E-state index in [-0.39, 0.29) is 23.4 Å². The van der Waals surface area contributed by atoms with E-state index in [1.807, 2.05) is 37.3 Å². The van der Waals surface area contributed by atoms with E-state index in [9.17, 15) is 14.4 Å². The predicted octanol–water partition coefficient (Wildman–Crippen LogP) is 2.05. The molecule has 0 aliphatic carbocycles. The minimum absolute atomic E-state index is 0.0147. The smallest absolute Gasteiger partial charge is 0.272 e. The zero-order valence-corrected chi connectivity index (χ0v) is 16.9. The van der Waals surface area contributed by atoms with Gasteiger partial charge in [0, 0.05) is 58.0 Å². The lowest BCUT2D eigenvalue weighted by atomic mass is 10.1. The van der Waals surface area contributed by atoms with Crippen LogP contribution in [0.4, 0.5) is 0 Å². The van der Waals surface area contributed by atoms with Gasteiger partial charge in [0.15, 0.2) is 0 Å². The number of nitrogens with zero attached hydrogens (tertiary/aromatic N) is 4. The van der Waals surface area contributed by atoms with Crippen LogP contribution in [0.5, 0.6) is 0 Å². The fourth-order valence-corrected chi connectivity index (χ4v) is 3.38. The summed E-state index contributed by atoms with van der Waals surface area (Å²) in [5.41, 5.74) is 1.75. The highest BCUT2D eigenvalue weighted by atomic mass is 16.2. The number of rotatable bonds is 5. The van der Waals surface area contributed by atoms with Gasteiger partial charge in [0.25, 0.3) is 11.8 Å². The predicted molar refractivity (Wildman–Crippen MR) is 109 cm³/mol. The van der Waals surface area contributed by atoms with Crippen molar-refractivity contribution in [3.8, 4) is 0 Å². The molecule has 2 heterocycles. The number of amides is 3. The lowest BCUT2D eigenvalue weighted by molar-refractivity contribution is -0.130. The van der Waals surface area contributed by atoms with Gasteiger partial charge in [-0.25, -0.2) is 0 Å². The van der Waals surface area contributed by atoms with Crippen molar-refractivity contribution >= 4 is 17.7 Å². The first-order valence-electron chi connectivity index (χ1n) is 9.83. The van der Waals surface area contributed by atoms with Crippen LogP contribution in [0.25, 0.3) is 0 Å². The van der Waals surface area contributed by atoms with E-state index in [0.29, 0.717) is 44.8 Å². The highest BCUT2D eigenvalue weighted by Gasteiger charge is 2.25. The summed E-state index contributed by atoms with van der Waals surface area (Å²) in [5, 5.41) is 0. The number of benzene rings is 1. The second kappa shape index (κ2) is 9.32. The highest BCUT2D eigenvalue weighted by molar-refractivity contribution is 5.98. The Labute approximate surface area is 170 Å². The molecule has 1 saturated heterocycles. The van der Waals surface area contributed by atoms with Gasteiger partial charge in [0.1, 0.15) is 5.69 Å². The van der Waals surface area contributed by atoms with E-state index in [0.717, 1.165) is 5.56 Å². The first-order chi connectivity index (χ1) is 14.0. The second-order valence-corrected chi connectivity index (χ2v) is 7.03. The standard InChI is InChI=1S/C22H26N4O3/c1-3-24(16-18-7-5-4-6-8-18)21(28)19-9-10-23-20(15-19)22(29)26-13-11-25(12-14-26)17(2)27/h4-10,15H,3,11-14,16H2,1-2H3. The summed E-state index contributed by atoms with van der Waals surface area (Å²) < 4.78 is 0. The normalized spacial score (nSPS) is 13.9. The molecule has 0 N–H and O–H groups in total. The molecule has 7 nitrogen and oxygen atoms in total. The zero-order valence-electron chi connectivity index (χ0n) is 16.9. The number of carbonyl (C=O) groups is 3. The van der Waals surface area contributed by atoms with Gasteiger partial charge in [-0.05, 0) is 24.6 Å². The van der Waals surface area contributed by atoms with Crippen LogP contribution in [0.3, 0.4) is 0 Å². The largest absolute Gasteiger partial charge is 0.339 e. The molecule has 0 radical (unpaired) electrons. The maximum atomic E-state index is 13.0. The minimum Gasteiger partial charge on any atom is -0.339 e. The molecule has 0 atom stereocenters. The number of aromatic nitrogens is 1. The molecular formula is C22H26N4O3. The molecule has 3 amide bonds. The van der Waals surface area contributed by atoms with Gasteiger partial charge in [0.05, 0.1) is 0 Å². The maximum Gasteiger partial charge on any atom is 0.272 e. The minimum atomic E-state index is -0.214. The van der Waals surface area contributed by atoms with Crippen molar-refractivity contribution in [2.45, 2.75) is 20.4 Å². The Morgan fingerprint density at radius 1 is 1.00 bits per heavy atom. The van der Waals surface area contributed by atoms with Crippen molar-refractivity contribution in [1.29, 1.82) is 0 Å². The number of carbonyl (C=O) groups excluding carboxylic acids is 3. The van der Waals surface area contributed by atoms with Gasteiger partial charge in [-0.1, -0.05) is 30.3 Å². The van der Waals surface area contributed by atoms with Crippen LogP contribution in [0.1, 0.15) is 40.3 Å². The lowest BCUT2D eigenvalue weighted by Gasteiger charge is -2.34. The summed E-state index contributed by atoms with van der Waals surface area (Å²) in [7, 11) is 0. The van der Waals surface area contributed by atoms with Crippen LogP contribution < -0.4 is 0 Å². The van der Waals surface area contributed by atoms with Gasteiger partial charge < -0.3 is 14.7 Å². The summed E-state index contributed by atoms with van der Waals surface area (Å²) in [5.74, 6) is -0.330. The molecular weight excluding hydrogens is 368 g/mol. The molecule has 1 fully saturated rings. The van der Waals surface area contributed by atoms with E-state index in [4.69, 9.17) is 0 Å². The number of hydrogen-bond donors (Lipinski definition) is 0. The Morgan fingerprint density at radius 3 is 2.28 bits per heavy atom. The van der Waals surface area contributed by atoms with Gasteiger partial charge in [-0.15, -0.1) is 0 Å². The highest BCUT2D eigenvalue weighted by Crippen LogP contribution is 2.13. The zero-order chi connectivity index (χ0) is 20.8. The number of piperazine rings is 1. The van der Waals surface area contributed by atoms with Crippen LogP contribution in [0.2, 0.25) is 0 Å². The summed E-state index contributed by atoms with van der Waals surface area (Å²) in [6.07, 6.45) is 1.50. The molecule has 2 aromatic rings. The third-order valence-corrected chi connectivity index (χ3v) is 5.12. The van der Waals surface area contributed by atoms with Gasteiger partial charge in [-0.3, -0.25) is 19.4 Å². The first kappa shape index (κ1) is 20.5. The van der Waals surface area contributed by atoms with E-state index in [1.165, 1.54) is 13.1 Å². The molecule has 1 aromatic heterocycles. The van der Waals surface area contributed by atoms with Gasteiger partial charge >= 0.3 is 0 Å². The molecule has 0 saturated carbocycles. The van der Waals surface area contributed by atoms with E-state index in [1.54, 1.807) is 26.8 Å². The molecule has 1 aromatic carbocycles. The molecule has 0 unspecified atom stereocenters. The Morgan fingerprint density at radius 2 is 1.66 bits per heavy atom. The molecule has 152 valence electrons. The summed E-state index contributed by atoms with van der Waals surface area (Å²) in [6.45, 7) is 6.49. The average molecular weight is 394 g/mol. The quantitative estimate of drug-likeness (QED) is 0.778. The van der Waals surface area contributed by atoms with Gasteiger partial charge in [-0.2, -0.15) is 0 Å². The van der Waals surface area contributed by atoms with Crippen LogP contribution in [-0.2, 0) is 11.3 Å². The van der Waals surface area contributed by atoms with Crippen molar-refractivity contribution in [3.05, 3.63) is 65.5 Å². The fraction of sp³-hybridized carbons (Fsp3) is 0.364. The molecule has 7 heteroatoms. The third kappa shape index (κ3) is 4.99. The maximum absolute atomic E-state index is 13.0. The number of pyridine rings is 1. The summed E-state index contributed by atoms with van der Waals surface area (Å²) in [6, 6.07) is 13.0. The number of hydrogen-bond acceptors (Lipinski definition) is 4. The Kier molecular flexibility index (Phi) is 6.59. The molecule has 3 rings (SSSR count). The Balaban J connectivity index is 1.70. The molecule has 0 bridgehead atoms. The van der Waals surface area contributed by atoms with Crippen LogP contribution in [0.15, 0.2) is 48.7 Å². The van der Waals surface area contributed by atoms with Crippen molar-refractivity contribution < 1.29 is 14.4 Å². The Bertz CT molecular complexity index is 877. The molecule has 1 aliphatic rings. The van der Waals surface area contributed by atoms with Crippen molar-refractivity contribution in [3.63, 3.8) is 0 Å². The van der Waals surface area contributed by atoms with Crippen LogP contribution in [0, 0.1) is 0 Å².